The van der Waals surface area contributed by atoms with Crippen molar-refractivity contribution in [2.24, 2.45) is 5.92 Å². The maximum absolute atomic E-state index is 11.1. The highest BCUT2D eigenvalue weighted by Crippen LogP contribution is 2.26. The van der Waals surface area contributed by atoms with Crippen molar-refractivity contribution in [3.8, 4) is 0 Å². The normalized spacial score (nSPS) is 21.9. The summed E-state index contributed by atoms with van der Waals surface area (Å²) in [5.41, 5.74) is 1.05. The summed E-state index contributed by atoms with van der Waals surface area (Å²) in [5, 5.41) is 4.01. The van der Waals surface area contributed by atoms with Crippen molar-refractivity contribution in [2.45, 2.75) is 26.2 Å². The molecule has 0 bridgehead atoms. The van der Waals surface area contributed by atoms with Crippen molar-refractivity contribution in [1.82, 2.24) is 9.59 Å². The minimum atomic E-state index is 0.196. The van der Waals surface area contributed by atoms with Crippen molar-refractivity contribution in [3.05, 3.63) is 10.6 Å². The number of hydrogen-bond donors (Lipinski definition) is 0. The third kappa shape index (κ3) is 1.27. The standard InChI is InChI=1S/C8H10N2OS/c1-5(11)6-2-3-8-7(4-6)9-10-12-8/h6H,2-4H2,1H3. The number of carbonyl (C=O) groups is 1. The molecule has 0 fully saturated rings. The van der Waals surface area contributed by atoms with E-state index in [1.54, 1.807) is 6.92 Å². The average Bonchev–Trinajstić information content (AvgIpc) is 2.49. The fourth-order valence-electron chi connectivity index (χ4n) is 1.56. The van der Waals surface area contributed by atoms with E-state index in [0.29, 0.717) is 0 Å². The van der Waals surface area contributed by atoms with Gasteiger partial charge < -0.3 is 0 Å². The Hall–Kier alpha value is -0.770. The predicted octanol–water partition coefficient (Wildman–Crippen LogP) is 1.23. The van der Waals surface area contributed by atoms with E-state index in [0.717, 1.165) is 25.0 Å². The molecule has 0 aromatic carbocycles. The first kappa shape index (κ1) is 7.86. The number of aromatic nitrogens is 2. The SMILES string of the molecule is CC(=O)C1CCc2snnc2C1. The average molecular weight is 182 g/mol. The molecule has 4 heteroatoms. The molecule has 0 saturated carbocycles. The van der Waals surface area contributed by atoms with E-state index in [2.05, 4.69) is 9.59 Å². The van der Waals surface area contributed by atoms with E-state index >= 15 is 0 Å². The molecule has 1 aromatic rings. The smallest absolute Gasteiger partial charge is 0.133 e. The van der Waals surface area contributed by atoms with Crippen LogP contribution in [0.1, 0.15) is 23.9 Å². The molecule has 12 heavy (non-hydrogen) atoms. The number of Topliss-reactive ketones (excluding diaryl/α,β-unsaturated/α-hetero) is 1. The predicted molar refractivity (Wildman–Crippen MR) is 46.1 cm³/mol. The van der Waals surface area contributed by atoms with Crippen molar-refractivity contribution in [1.29, 1.82) is 0 Å². The molecule has 1 atom stereocenters. The van der Waals surface area contributed by atoms with Crippen LogP contribution in [-0.2, 0) is 17.6 Å². The summed E-state index contributed by atoms with van der Waals surface area (Å²) in [6.45, 7) is 1.66. The van der Waals surface area contributed by atoms with Crippen LogP contribution in [0.5, 0.6) is 0 Å². The third-order valence-electron chi connectivity index (χ3n) is 2.37. The van der Waals surface area contributed by atoms with Gasteiger partial charge in [-0.25, -0.2) is 0 Å². The zero-order valence-corrected chi connectivity index (χ0v) is 7.73. The minimum Gasteiger partial charge on any atom is -0.300 e. The molecular formula is C8H10N2OS. The van der Waals surface area contributed by atoms with E-state index in [1.165, 1.54) is 16.4 Å². The first-order chi connectivity index (χ1) is 5.77. The number of ketones is 1. The van der Waals surface area contributed by atoms with Gasteiger partial charge in [0.1, 0.15) is 5.78 Å². The van der Waals surface area contributed by atoms with Crippen LogP contribution in [-0.4, -0.2) is 15.4 Å². The third-order valence-corrected chi connectivity index (χ3v) is 3.19. The lowest BCUT2D eigenvalue weighted by molar-refractivity contribution is -0.121. The van der Waals surface area contributed by atoms with Gasteiger partial charge in [0.05, 0.1) is 5.69 Å². The van der Waals surface area contributed by atoms with Gasteiger partial charge in [-0.05, 0) is 31.3 Å². The summed E-state index contributed by atoms with van der Waals surface area (Å²) in [4.78, 5) is 12.4. The van der Waals surface area contributed by atoms with Crippen LogP contribution in [0.2, 0.25) is 0 Å². The summed E-state index contributed by atoms with van der Waals surface area (Å²) in [6.07, 6.45) is 2.77. The number of hydrogen-bond acceptors (Lipinski definition) is 4. The second-order valence-corrected chi connectivity index (χ2v) is 4.03. The highest BCUT2D eigenvalue weighted by atomic mass is 32.1. The molecule has 1 aromatic heterocycles. The summed E-state index contributed by atoms with van der Waals surface area (Å²) in [5.74, 6) is 0.482. The Kier molecular flexibility index (Phi) is 1.92. The van der Waals surface area contributed by atoms with E-state index in [1.807, 2.05) is 0 Å². The van der Waals surface area contributed by atoms with Gasteiger partial charge in [-0.1, -0.05) is 4.49 Å². The van der Waals surface area contributed by atoms with Crippen LogP contribution in [0.3, 0.4) is 0 Å². The Morgan fingerprint density at radius 2 is 2.50 bits per heavy atom. The van der Waals surface area contributed by atoms with Crippen molar-refractivity contribution in [3.63, 3.8) is 0 Å². The highest BCUT2D eigenvalue weighted by molar-refractivity contribution is 7.05. The van der Waals surface area contributed by atoms with Crippen LogP contribution in [0, 0.1) is 5.92 Å². The molecule has 64 valence electrons. The van der Waals surface area contributed by atoms with E-state index in [-0.39, 0.29) is 11.7 Å². The Balaban J connectivity index is 2.20. The van der Waals surface area contributed by atoms with E-state index in [9.17, 15) is 4.79 Å². The van der Waals surface area contributed by atoms with Crippen molar-refractivity contribution < 1.29 is 4.79 Å². The van der Waals surface area contributed by atoms with Gasteiger partial charge >= 0.3 is 0 Å². The summed E-state index contributed by atoms with van der Waals surface area (Å²) in [7, 11) is 0. The molecule has 0 aliphatic heterocycles. The Morgan fingerprint density at radius 3 is 3.25 bits per heavy atom. The van der Waals surface area contributed by atoms with Gasteiger partial charge in [-0.2, -0.15) is 0 Å². The largest absolute Gasteiger partial charge is 0.300 e. The molecule has 1 aliphatic carbocycles. The lowest BCUT2D eigenvalue weighted by Gasteiger charge is -2.16. The van der Waals surface area contributed by atoms with Gasteiger partial charge in [0.2, 0.25) is 0 Å². The van der Waals surface area contributed by atoms with Crippen LogP contribution >= 0.6 is 11.5 Å². The Morgan fingerprint density at radius 1 is 1.67 bits per heavy atom. The number of carbonyl (C=O) groups excluding carboxylic acids is 1. The summed E-state index contributed by atoms with van der Waals surface area (Å²) in [6, 6.07) is 0. The molecule has 3 nitrogen and oxygen atoms in total. The number of aryl methyl sites for hydroxylation is 1. The fourth-order valence-corrected chi connectivity index (χ4v) is 2.24. The van der Waals surface area contributed by atoms with Gasteiger partial charge in [-0.15, -0.1) is 5.10 Å². The second-order valence-electron chi connectivity index (χ2n) is 3.19. The lowest BCUT2D eigenvalue weighted by atomic mass is 9.88. The maximum Gasteiger partial charge on any atom is 0.133 e. The first-order valence-corrected chi connectivity index (χ1v) is 4.85. The van der Waals surface area contributed by atoms with Crippen LogP contribution < -0.4 is 0 Å². The Bertz CT molecular complexity index is 308. The highest BCUT2D eigenvalue weighted by Gasteiger charge is 2.24. The lowest BCUT2D eigenvalue weighted by Crippen LogP contribution is -2.19. The van der Waals surface area contributed by atoms with Gasteiger partial charge in [0.15, 0.2) is 0 Å². The Labute approximate surface area is 75.0 Å². The van der Waals surface area contributed by atoms with Crippen LogP contribution in [0.4, 0.5) is 0 Å². The molecule has 0 saturated heterocycles. The molecule has 0 amide bonds. The zero-order chi connectivity index (χ0) is 8.55. The van der Waals surface area contributed by atoms with E-state index < -0.39 is 0 Å². The monoisotopic (exact) mass is 182 g/mol. The van der Waals surface area contributed by atoms with Crippen LogP contribution in [0.15, 0.2) is 0 Å². The fraction of sp³-hybridized carbons (Fsp3) is 0.625. The first-order valence-electron chi connectivity index (χ1n) is 4.08. The summed E-state index contributed by atoms with van der Waals surface area (Å²) >= 11 is 1.47. The van der Waals surface area contributed by atoms with Gasteiger partial charge in [0.25, 0.3) is 0 Å². The van der Waals surface area contributed by atoms with E-state index in [4.69, 9.17) is 0 Å². The number of fused-ring (bicyclic) bond motifs is 1. The molecular weight excluding hydrogens is 172 g/mol. The molecule has 0 N–H and O–H groups in total. The molecule has 1 aliphatic rings. The van der Waals surface area contributed by atoms with Crippen LogP contribution in [0.25, 0.3) is 0 Å². The molecule has 0 spiro atoms. The number of nitrogens with zero attached hydrogens (tertiary/aromatic N) is 2. The zero-order valence-electron chi connectivity index (χ0n) is 6.91. The summed E-state index contributed by atoms with van der Waals surface area (Å²) < 4.78 is 3.88. The van der Waals surface area contributed by atoms with Gasteiger partial charge in [-0.3, -0.25) is 4.79 Å². The second kappa shape index (κ2) is 2.94. The maximum atomic E-state index is 11.1. The minimum absolute atomic E-state index is 0.196. The molecule has 2 rings (SSSR count). The number of rotatable bonds is 1. The van der Waals surface area contributed by atoms with Crippen molar-refractivity contribution >= 4 is 17.3 Å². The molecule has 1 unspecified atom stereocenters. The molecule has 0 radical (unpaired) electrons. The van der Waals surface area contributed by atoms with Crippen molar-refractivity contribution in [2.75, 3.05) is 0 Å². The molecule has 1 heterocycles. The quantitative estimate of drug-likeness (QED) is 0.656. The topological polar surface area (TPSA) is 42.9 Å². The van der Waals surface area contributed by atoms with Gasteiger partial charge in [0, 0.05) is 17.2 Å².